The molecule has 0 saturated heterocycles. The maximum Gasteiger partial charge on any atom is 0.474 e. The van der Waals surface area contributed by atoms with E-state index in [1.165, 1.54) is 0 Å². The second kappa shape index (κ2) is 6.47. The van der Waals surface area contributed by atoms with E-state index in [-0.39, 0.29) is 0 Å². The lowest BCUT2D eigenvalue weighted by Crippen LogP contribution is -2.33. The van der Waals surface area contributed by atoms with Gasteiger partial charge >= 0.3 is 7.82 Å². The summed E-state index contributed by atoms with van der Waals surface area (Å²) in [5.41, 5.74) is 0. The quantitative estimate of drug-likeness (QED) is 0.487. The van der Waals surface area contributed by atoms with Crippen LogP contribution in [0.4, 0.5) is 0 Å². The molecule has 0 aliphatic rings. The Labute approximate surface area is 81.8 Å². The predicted molar refractivity (Wildman–Crippen MR) is 46.7 cm³/mol. The van der Waals surface area contributed by atoms with E-state index in [2.05, 4.69) is 13.6 Å². The van der Waals surface area contributed by atoms with Crippen molar-refractivity contribution in [2.45, 2.75) is 12.2 Å². The molecule has 0 bridgehead atoms. The van der Waals surface area contributed by atoms with Crippen LogP contribution in [-0.4, -0.2) is 55.0 Å². The molecule has 8 heteroatoms. The van der Waals surface area contributed by atoms with E-state index in [0.717, 1.165) is 14.2 Å². The molecule has 0 fully saturated rings. The van der Waals surface area contributed by atoms with E-state index in [1.807, 2.05) is 0 Å². The second-order valence-corrected chi connectivity index (χ2v) is 4.31. The summed E-state index contributed by atoms with van der Waals surface area (Å²) in [5, 5.41) is 26.5. The van der Waals surface area contributed by atoms with Crippen LogP contribution in [0.25, 0.3) is 0 Å². The molecule has 0 amide bonds. The minimum absolute atomic E-state index is 0.458. The zero-order valence-corrected chi connectivity index (χ0v) is 8.89. The van der Waals surface area contributed by atoms with Gasteiger partial charge in [0, 0.05) is 14.2 Å². The highest BCUT2D eigenvalue weighted by Gasteiger charge is 2.26. The first-order valence-corrected chi connectivity index (χ1v) is 5.28. The Morgan fingerprint density at radius 1 is 1.21 bits per heavy atom. The number of aliphatic hydroxyl groups is 3. The summed E-state index contributed by atoms with van der Waals surface area (Å²) in [6.45, 7) is -1.07. The number of phosphoric acid groups is 1. The van der Waals surface area contributed by atoms with Crippen LogP contribution in [-0.2, 0) is 18.1 Å². The second-order valence-electron chi connectivity index (χ2n) is 2.43. The number of phosphoric ester groups is 1. The molecule has 2 atom stereocenters. The van der Waals surface area contributed by atoms with E-state index < -0.39 is 33.2 Å². The summed E-state index contributed by atoms with van der Waals surface area (Å²) < 4.78 is 24.7. The lowest BCUT2D eigenvalue weighted by Gasteiger charge is -2.18. The largest absolute Gasteiger partial charge is 0.474 e. The Morgan fingerprint density at radius 2 is 1.71 bits per heavy atom. The summed E-state index contributed by atoms with van der Waals surface area (Å²) in [6.07, 6.45) is -2.70. The number of hydrogen-bond acceptors (Lipinski definition) is 7. The highest BCUT2D eigenvalue weighted by atomic mass is 31.2. The van der Waals surface area contributed by atoms with Gasteiger partial charge in [0.1, 0.15) is 12.2 Å². The molecular formula is C6H15O7P. The van der Waals surface area contributed by atoms with Crippen LogP contribution in [0.1, 0.15) is 0 Å². The molecule has 0 aliphatic heterocycles. The van der Waals surface area contributed by atoms with Gasteiger partial charge < -0.3 is 15.3 Å². The SMILES string of the molecule is COP(=O)(OC)OCC(O)C(O)CO. The molecule has 0 rings (SSSR count). The fraction of sp³-hybridized carbons (Fsp3) is 1.00. The summed E-state index contributed by atoms with van der Waals surface area (Å²) in [7, 11) is -1.39. The van der Waals surface area contributed by atoms with E-state index >= 15 is 0 Å². The molecule has 7 nitrogen and oxygen atoms in total. The van der Waals surface area contributed by atoms with E-state index in [1.54, 1.807) is 0 Å². The molecular weight excluding hydrogens is 215 g/mol. The predicted octanol–water partition coefficient (Wildman–Crippen LogP) is -0.882. The standard InChI is InChI=1S/C6H15O7P/c1-11-14(10,12-2)13-4-6(9)5(8)3-7/h5-9H,3-4H2,1-2H3. The lowest BCUT2D eigenvalue weighted by molar-refractivity contribution is -0.0396. The van der Waals surface area contributed by atoms with Crippen molar-refractivity contribution in [3.63, 3.8) is 0 Å². The molecule has 0 aromatic heterocycles. The van der Waals surface area contributed by atoms with E-state index in [9.17, 15) is 4.57 Å². The van der Waals surface area contributed by atoms with Crippen molar-refractivity contribution < 1.29 is 33.5 Å². The lowest BCUT2D eigenvalue weighted by atomic mass is 10.2. The molecule has 3 N–H and O–H groups in total. The molecule has 0 aromatic carbocycles. The van der Waals surface area contributed by atoms with Gasteiger partial charge in [0.05, 0.1) is 13.2 Å². The average Bonchev–Trinajstić information content (AvgIpc) is 2.24. The average molecular weight is 230 g/mol. The van der Waals surface area contributed by atoms with Crippen molar-refractivity contribution >= 4 is 7.82 Å². The van der Waals surface area contributed by atoms with Gasteiger partial charge in [-0.15, -0.1) is 0 Å². The molecule has 0 heterocycles. The molecule has 0 aliphatic carbocycles. The van der Waals surface area contributed by atoms with Crippen LogP contribution in [0.3, 0.4) is 0 Å². The van der Waals surface area contributed by atoms with Gasteiger partial charge in [0.2, 0.25) is 0 Å². The fourth-order valence-electron chi connectivity index (χ4n) is 0.580. The minimum atomic E-state index is -3.64. The summed E-state index contributed by atoms with van der Waals surface area (Å²) in [6, 6.07) is 0. The van der Waals surface area contributed by atoms with E-state index in [4.69, 9.17) is 15.3 Å². The van der Waals surface area contributed by atoms with Crippen molar-refractivity contribution in [2.24, 2.45) is 0 Å². The van der Waals surface area contributed by atoms with Crippen molar-refractivity contribution in [3.8, 4) is 0 Å². The van der Waals surface area contributed by atoms with Gasteiger partial charge in [-0.2, -0.15) is 0 Å². The summed E-state index contributed by atoms with van der Waals surface area (Å²) in [5.74, 6) is 0. The number of hydrogen-bond donors (Lipinski definition) is 3. The summed E-state index contributed by atoms with van der Waals surface area (Å²) in [4.78, 5) is 0. The van der Waals surface area contributed by atoms with Gasteiger partial charge in [-0.1, -0.05) is 0 Å². The Hall–Kier alpha value is -0.0100. The zero-order valence-electron chi connectivity index (χ0n) is 7.99. The van der Waals surface area contributed by atoms with Crippen molar-refractivity contribution in [1.29, 1.82) is 0 Å². The van der Waals surface area contributed by atoms with Crippen molar-refractivity contribution in [2.75, 3.05) is 27.4 Å². The maximum atomic E-state index is 11.2. The molecule has 0 saturated carbocycles. The third-order valence-electron chi connectivity index (χ3n) is 1.48. The van der Waals surface area contributed by atoms with Gasteiger partial charge in [-0.25, -0.2) is 4.57 Å². The van der Waals surface area contributed by atoms with Crippen LogP contribution in [0.5, 0.6) is 0 Å². The van der Waals surface area contributed by atoms with Gasteiger partial charge in [-0.3, -0.25) is 13.6 Å². The monoisotopic (exact) mass is 230 g/mol. The van der Waals surface area contributed by atoms with Gasteiger partial charge in [-0.05, 0) is 0 Å². The minimum Gasteiger partial charge on any atom is -0.394 e. The van der Waals surface area contributed by atoms with Crippen LogP contribution in [0, 0.1) is 0 Å². The fourth-order valence-corrected chi connectivity index (χ4v) is 1.28. The molecule has 0 spiro atoms. The molecule has 0 aromatic rings. The van der Waals surface area contributed by atoms with Crippen LogP contribution < -0.4 is 0 Å². The first-order chi connectivity index (χ1) is 6.49. The van der Waals surface area contributed by atoms with Crippen molar-refractivity contribution in [1.82, 2.24) is 0 Å². The van der Waals surface area contributed by atoms with E-state index in [0.29, 0.717) is 0 Å². The van der Waals surface area contributed by atoms with Gasteiger partial charge in [0.15, 0.2) is 0 Å². The Kier molecular flexibility index (Phi) is 6.46. The normalized spacial score (nSPS) is 16.6. The van der Waals surface area contributed by atoms with Crippen LogP contribution in [0.15, 0.2) is 0 Å². The highest BCUT2D eigenvalue weighted by molar-refractivity contribution is 7.48. The van der Waals surface area contributed by atoms with Gasteiger partial charge in [0.25, 0.3) is 0 Å². The first-order valence-electron chi connectivity index (χ1n) is 3.82. The molecule has 86 valence electrons. The summed E-state index contributed by atoms with van der Waals surface area (Å²) >= 11 is 0. The topological polar surface area (TPSA) is 105 Å². The van der Waals surface area contributed by atoms with Crippen molar-refractivity contribution in [3.05, 3.63) is 0 Å². The highest BCUT2D eigenvalue weighted by Crippen LogP contribution is 2.47. The Morgan fingerprint density at radius 3 is 2.07 bits per heavy atom. The van der Waals surface area contributed by atoms with Crippen LogP contribution in [0.2, 0.25) is 0 Å². The smallest absolute Gasteiger partial charge is 0.394 e. The Bertz CT molecular complexity index is 189. The molecule has 14 heavy (non-hydrogen) atoms. The number of aliphatic hydroxyl groups excluding tert-OH is 3. The third kappa shape index (κ3) is 4.47. The number of rotatable bonds is 7. The maximum absolute atomic E-state index is 11.2. The molecule has 0 radical (unpaired) electrons. The Balaban J connectivity index is 3.98. The third-order valence-corrected chi connectivity index (χ3v) is 2.84. The zero-order chi connectivity index (χ0) is 11.2. The first kappa shape index (κ1) is 14.0. The van der Waals surface area contributed by atoms with Crippen LogP contribution >= 0.6 is 7.82 Å². The molecule has 2 unspecified atom stereocenters.